The van der Waals surface area contributed by atoms with Crippen molar-refractivity contribution in [1.29, 1.82) is 5.26 Å². The molecule has 1 aliphatic rings. The van der Waals surface area contributed by atoms with E-state index < -0.39 is 5.54 Å². The Kier molecular flexibility index (Phi) is 4.95. The van der Waals surface area contributed by atoms with E-state index in [-0.39, 0.29) is 6.10 Å². The fourth-order valence-electron chi connectivity index (χ4n) is 2.53. The van der Waals surface area contributed by atoms with Gasteiger partial charge in [0, 0.05) is 19.6 Å². The summed E-state index contributed by atoms with van der Waals surface area (Å²) >= 11 is 0. The van der Waals surface area contributed by atoms with Crippen LogP contribution in [-0.4, -0.2) is 24.8 Å². The van der Waals surface area contributed by atoms with Crippen molar-refractivity contribution >= 4 is 0 Å². The van der Waals surface area contributed by atoms with Gasteiger partial charge in [-0.2, -0.15) is 5.26 Å². The average molecular weight is 258 g/mol. The summed E-state index contributed by atoms with van der Waals surface area (Å²) in [6.45, 7) is 3.69. The van der Waals surface area contributed by atoms with Crippen molar-refractivity contribution in [2.45, 2.75) is 44.2 Å². The Hall–Kier alpha value is -1.37. The lowest BCUT2D eigenvalue weighted by Crippen LogP contribution is -2.48. The minimum atomic E-state index is -0.479. The molecule has 0 bridgehead atoms. The van der Waals surface area contributed by atoms with Gasteiger partial charge in [0.2, 0.25) is 0 Å². The predicted molar refractivity (Wildman–Crippen MR) is 75.8 cm³/mol. The summed E-state index contributed by atoms with van der Waals surface area (Å²) in [4.78, 5) is 0. The fraction of sp³-hybridized carbons (Fsp3) is 0.562. The largest absolute Gasteiger partial charge is 0.377 e. The van der Waals surface area contributed by atoms with Crippen LogP contribution in [0, 0.1) is 11.3 Å². The third-order valence-corrected chi connectivity index (χ3v) is 3.86. The van der Waals surface area contributed by atoms with E-state index >= 15 is 0 Å². The molecule has 2 atom stereocenters. The highest BCUT2D eigenvalue weighted by Gasteiger charge is 2.29. The number of nitrogens with one attached hydrogen (secondary N) is 1. The van der Waals surface area contributed by atoms with Crippen LogP contribution in [0.25, 0.3) is 0 Å². The molecule has 3 nitrogen and oxygen atoms in total. The van der Waals surface area contributed by atoms with Crippen LogP contribution in [0.15, 0.2) is 30.3 Å². The van der Waals surface area contributed by atoms with Crippen molar-refractivity contribution in [2.24, 2.45) is 0 Å². The van der Waals surface area contributed by atoms with Crippen LogP contribution in [-0.2, 0) is 11.2 Å². The van der Waals surface area contributed by atoms with Crippen LogP contribution in [0.4, 0.5) is 0 Å². The zero-order chi connectivity index (χ0) is 13.6. The van der Waals surface area contributed by atoms with Gasteiger partial charge in [0.15, 0.2) is 0 Å². The van der Waals surface area contributed by atoms with Gasteiger partial charge in [-0.25, -0.2) is 0 Å². The molecule has 2 unspecified atom stereocenters. The molecule has 0 spiro atoms. The van der Waals surface area contributed by atoms with Crippen molar-refractivity contribution in [2.75, 3.05) is 13.2 Å². The van der Waals surface area contributed by atoms with Gasteiger partial charge in [0.05, 0.1) is 12.2 Å². The van der Waals surface area contributed by atoms with Crippen LogP contribution in [0.3, 0.4) is 0 Å². The van der Waals surface area contributed by atoms with Crippen LogP contribution in [0.5, 0.6) is 0 Å². The summed E-state index contributed by atoms with van der Waals surface area (Å²) in [7, 11) is 0. The third-order valence-electron chi connectivity index (χ3n) is 3.86. The van der Waals surface area contributed by atoms with Gasteiger partial charge >= 0.3 is 0 Å². The molecule has 0 aliphatic carbocycles. The molecule has 1 saturated heterocycles. The van der Waals surface area contributed by atoms with E-state index in [1.807, 2.05) is 18.2 Å². The molecule has 2 rings (SSSR count). The Morgan fingerprint density at radius 3 is 2.79 bits per heavy atom. The summed E-state index contributed by atoms with van der Waals surface area (Å²) in [5.74, 6) is 0. The number of nitrogens with zero attached hydrogens (tertiary/aromatic N) is 1. The molecule has 1 fully saturated rings. The second-order valence-corrected chi connectivity index (χ2v) is 5.23. The maximum atomic E-state index is 9.56. The van der Waals surface area contributed by atoms with Crippen LogP contribution >= 0.6 is 0 Å². The van der Waals surface area contributed by atoms with E-state index in [0.717, 1.165) is 38.8 Å². The van der Waals surface area contributed by atoms with E-state index in [9.17, 15) is 5.26 Å². The maximum Gasteiger partial charge on any atom is 0.110 e. The number of nitriles is 1. The Morgan fingerprint density at radius 2 is 2.21 bits per heavy atom. The van der Waals surface area contributed by atoms with Crippen molar-refractivity contribution in [3.63, 3.8) is 0 Å². The van der Waals surface area contributed by atoms with Crippen molar-refractivity contribution < 1.29 is 4.74 Å². The van der Waals surface area contributed by atoms with Crippen LogP contribution in [0.2, 0.25) is 0 Å². The topological polar surface area (TPSA) is 45.0 Å². The molecule has 19 heavy (non-hydrogen) atoms. The highest BCUT2D eigenvalue weighted by Crippen LogP contribution is 2.18. The third kappa shape index (κ3) is 3.79. The van der Waals surface area contributed by atoms with Gasteiger partial charge < -0.3 is 4.74 Å². The van der Waals surface area contributed by atoms with Gasteiger partial charge in [-0.3, -0.25) is 5.32 Å². The molecule has 1 aliphatic heterocycles. The summed E-state index contributed by atoms with van der Waals surface area (Å²) < 4.78 is 5.62. The van der Waals surface area contributed by atoms with Gasteiger partial charge in [-0.1, -0.05) is 37.3 Å². The molecule has 0 saturated carbocycles. The van der Waals surface area contributed by atoms with Gasteiger partial charge in [0.1, 0.15) is 5.54 Å². The minimum Gasteiger partial charge on any atom is -0.377 e. The number of benzene rings is 1. The SMILES string of the molecule is CCC(C#N)(Cc1ccccc1)NCC1CCCO1. The Labute approximate surface area is 115 Å². The molecule has 0 aromatic heterocycles. The zero-order valence-electron chi connectivity index (χ0n) is 11.6. The Morgan fingerprint density at radius 1 is 1.42 bits per heavy atom. The molecule has 0 amide bonds. The van der Waals surface area contributed by atoms with Gasteiger partial charge in [-0.05, 0) is 24.8 Å². The van der Waals surface area contributed by atoms with E-state index in [1.165, 1.54) is 5.56 Å². The lowest BCUT2D eigenvalue weighted by molar-refractivity contribution is 0.104. The maximum absolute atomic E-state index is 9.56. The standard InChI is InChI=1S/C16H22N2O/c1-2-16(13-17,11-14-7-4-3-5-8-14)18-12-15-9-6-10-19-15/h3-5,7-8,15,18H,2,6,9-12H2,1H3. The minimum absolute atomic E-state index is 0.273. The molecule has 1 heterocycles. The van der Waals surface area contributed by atoms with E-state index in [2.05, 4.69) is 30.4 Å². The number of rotatable bonds is 6. The molecule has 1 N–H and O–H groups in total. The first-order valence-corrected chi connectivity index (χ1v) is 7.10. The first-order chi connectivity index (χ1) is 9.28. The van der Waals surface area contributed by atoms with Crippen molar-refractivity contribution in [1.82, 2.24) is 5.32 Å². The summed E-state index contributed by atoms with van der Waals surface area (Å²) in [6.07, 6.45) is 4.05. The zero-order valence-corrected chi connectivity index (χ0v) is 11.6. The number of hydrogen-bond donors (Lipinski definition) is 1. The van der Waals surface area contributed by atoms with E-state index in [1.54, 1.807) is 0 Å². The molecule has 0 radical (unpaired) electrons. The van der Waals surface area contributed by atoms with E-state index in [0.29, 0.717) is 0 Å². The number of hydrogen-bond acceptors (Lipinski definition) is 3. The van der Waals surface area contributed by atoms with Crippen molar-refractivity contribution in [3.8, 4) is 6.07 Å². The monoisotopic (exact) mass is 258 g/mol. The second kappa shape index (κ2) is 6.70. The molecule has 1 aromatic rings. The molecular weight excluding hydrogens is 236 g/mol. The van der Waals surface area contributed by atoms with E-state index in [4.69, 9.17) is 4.74 Å². The second-order valence-electron chi connectivity index (χ2n) is 5.23. The summed E-state index contributed by atoms with van der Waals surface area (Å²) in [6, 6.07) is 12.7. The van der Waals surface area contributed by atoms with Gasteiger partial charge in [-0.15, -0.1) is 0 Å². The molecule has 102 valence electrons. The predicted octanol–water partition coefficient (Wildman–Crippen LogP) is 2.67. The molecule has 1 aromatic carbocycles. The van der Waals surface area contributed by atoms with Crippen LogP contribution < -0.4 is 5.32 Å². The quantitative estimate of drug-likeness (QED) is 0.853. The van der Waals surface area contributed by atoms with Gasteiger partial charge in [0.25, 0.3) is 0 Å². The Bertz CT molecular complexity index is 420. The highest BCUT2D eigenvalue weighted by atomic mass is 16.5. The van der Waals surface area contributed by atoms with Crippen molar-refractivity contribution in [3.05, 3.63) is 35.9 Å². The fourth-order valence-corrected chi connectivity index (χ4v) is 2.53. The first-order valence-electron chi connectivity index (χ1n) is 7.10. The van der Waals surface area contributed by atoms with Crippen LogP contribution in [0.1, 0.15) is 31.7 Å². The summed E-state index contributed by atoms with van der Waals surface area (Å²) in [5, 5.41) is 13.0. The average Bonchev–Trinajstić information content (AvgIpc) is 2.98. The Balaban J connectivity index is 1.98. The number of ether oxygens (including phenoxy) is 1. The normalized spacial score (nSPS) is 21.8. The molecule has 3 heteroatoms. The smallest absolute Gasteiger partial charge is 0.110 e. The summed E-state index contributed by atoms with van der Waals surface area (Å²) in [5.41, 5.74) is 0.721. The highest BCUT2D eigenvalue weighted by molar-refractivity contribution is 5.22. The lowest BCUT2D eigenvalue weighted by atomic mass is 9.89. The lowest BCUT2D eigenvalue weighted by Gasteiger charge is -2.28. The molecular formula is C16H22N2O. The first kappa shape index (κ1) is 14.0.